The lowest BCUT2D eigenvalue weighted by Crippen LogP contribution is -2.44. The Morgan fingerprint density at radius 3 is 2.59 bits per heavy atom. The molecular weight excluding hydrogens is 470 g/mol. The van der Waals surface area contributed by atoms with Gasteiger partial charge in [0, 0.05) is 44.4 Å². The Labute approximate surface area is 220 Å². The fourth-order valence-corrected chi connectivity index (χ4v) is 5.75. The van der Waals surface area contributed by atoms with Crippen LogP contribution in [-0.4, -0.2) is 70.6 Å². The summed E-state index contributed by atoms with van der Waals surface area (Å²) in [6, 6.07) is 5.78. The molecule has 1 fully saturated rings. The van der Waals surface area contributed by atoms with E-state index in [1.807, 2.05) is 24.0 Å². The Morgan fingerprint density at radius 1 is 1.19 bits per heavy atom. The number of aryl methyl sites for hydroxylation is 2. The van der Waals surface area contributed by atoms with Crippen LogP contribution >= 0.6 is 0 Å². The van der Waals surface area contributed by atoms with Crippen LogP contribution in [0, 0.1) is 12.8 Å². The number of hydrogen-bond acceptors (Lipinski definition) is 6. The molecule has 1 aromatic heterocycles. The monoisotopic (exact) mass is 511 g/mol. The van der Waals surface area contributed by atoms with Crippen molar-refractivity contribution in [3.05, 3.63) is 47.2 Å². The Morgan fingerprint density at radius 2 is 1.95 bits per heavy atom. The van der Waals surface area contributed by atoms with Crippen molar-refractivity contribution in [1.29, 1.82) is 0 Å². The highest BCUT2D eigenvalue weighted by Crippen LogP contribution is 2.41. The topological polar surface area (TPSA) is 96.1 Å². The first-order valence-corrected chi connectivity index (χ1v) is 13.8. The number of ether oxygens (including phenoxy) is 1. The van der Waals surface area contributed by atoms with Gasteiger partial charge in [-0.1, -0.05) is 38.8 Å². The van der Waals surface area contributed by atoms with E-state index >= 15 is 0 Å². The van der Waals surface area contributed by atoms with Crippen molar-refractivity contribution in [2.45, 2.75) is 77.7 Å². The summed E-state index contributed by atoms with van der Waals surface area (Å²) in [5, 5.41) is 10.4. The highest BCUT2D eigenvalue weighted by atomic mass is 16.5. The molecule has 1 saturated heterocycles. The van der Waals surface area contributed by atoms with E-state index in [0.717, 1.165) is 67.8 Å². The van der Waals surface area contributed by atoms with Crippen LogP contribution in [0.5, 0.6) is 5.75 Å². The third-order valence-corrected chi connectivity index (χ3v) is 7.75. The number of likely N-dealkylation sites (tertiary alicyclic amines) is 1. The number of fused-ring (bicyclic) bond motifs is 1. The number of carbonyl (C=O) groups is 2. The van der Waals surface area contributed by atoms with E-state index in [-0.39, 0.29) is 24.4 Å². The molecule has 0 aliphatic carbocycles. The number of unbranched alkanes of at least 4 members (excludes halogenated alkanes) is 2. The van der Waals surface area contributed by atoms with E-state index in [0.29, 0.717) is 31.9 Å². The highest BCUT2D eigenvalue weighted by Gasteiger charge is 2.47. The van der Waals surface area contributed by atoms with E-state index in [1.54, 1.807) is 6.20 Å². The first kappa shape index (κ1) is 27.2. The Bertz CT molecular complexity index is 1060. The average Bonchev–Trinajstić information content (AvgIpc) is 3.60. The van der Waals surface area contributed by atoms with Crippen molar-refractivity contribution < 1.29 is 23.8 Å². The molecule has 0 saturated carbocycles. The predicted octanol–water partition coefficient (Wildman–Crippen LogP) is 4.45. The van der Waals surface area contributed by atoms with Gasteiger partial charge in [-0.25, -0.2) is 4.98 Å². The number of oxazole rings is 1. The van der Waals surface area contributed by atoms with Crippen molar-refractivity contribution >= 4 is 11.9 Å². The normalized spacial score (nSPS) is 21.1. The van der Waals surface area contributed by atoms with Crippen LogP contribution in [0.25, 0.3) is 0 Å². The second kappa shape index (κ2) is 12.6. The number of nitrogens with zero attached hydrogens (tertiary/aromatic N) is 3. The summed E-state index contributed by atoms with van der Waals surface area (Å²) in [4.78, 5) is 34.6. The number of amides is 1. The second-order valence-corrected chi connectivity index (χ2v) is 10.4. The van der Waals surface area contributed by atoms with Crippen LogP contribution in [0.1, 0.15) is 74.6 Å². The van der Waals surface area contributed by atoms with Gasteiger partial charge in [0.05, 0.1) is 25.3 Å². The standard InChI is InChI=1S/C29H41N3O5/c1-4-6-13-31(14-7-5-2)27(33)19-32-18-23(21-8-10-25-22(16-21)12-15-36-25)28(29(34)35)24(32)9-11-26-30-17-20(3)37-26/h8,10,16-17,23-24,28H,4-7,9,11-15,18-19H2,1-3H3,(H,34,35)/t23-,24+,28?/m1/s1. The zero-order valence-electron chi connectivity index (χ0n) is 22.4. The van der Waals surface area contributed by atoms with E-state index in [4.69, 9.17) is 9.15 Å². The molecule has 8 nitrogen and oxygen atoms in total. The first-order chi connectivity index (χ1) is 17.9. The van der Waals surface area contributed by atoms with Crippen LogP contribution in [0.2, 0.25) is 0 Å². The largest absolute Gasteiger partial charge is 0.493 e. The van der Waals surface area contributed by atoms with Gasteiger partial charge in [0.25, 0.3) is 0 Å². The lowest BCUT2D eigenvalue weighted by Gasteiger charge is -2.29. The molecule has 37 heavy (non-hydrogen) atoms. The fourth-order valence-electron chi connectivity index (χ4n) is 5.75. The van der Waals surface area contributed by atoms with E-state index in [1.165, 1.54) is 0 Å². The Kier molecular flexibility index (Phi) is 9.24. The third-order valence-electron chi connectivity index (χ3n) is 7.75. The van der Waals surface area contributed by atoms with Gasteiger partial charge in [-0.15, -0.1) is 0 Å². The SMILES string of the molecule is CCCCN(CCCC)C(=O)CN1C[C@H](c2ccc3c(c2)CCO3)C(C(=O)O)[C@@H]1CCc1ncc(C)o1. The Balaban J connectivity index is 1.58. The van der Waals surface area contributed by atoms with Crippen LogP contribution in [-0.2, 0) is 22.4 Å². The zero-order chi connectivity index (χ0) is 26.4. The van der Waals surface area contributed by atoms with Gasteiger partial charge in [0.15, 0.2) is 5.89 Å². The van der Waals surface area contributed by atoms with Gasteiger partial charge in [0.2, 0.25) is 5.91 Å². The van der Waals surface area contributed by atoms with Crippen molar-refractivity contribution in [3.8, 4) is 5.75 Å². The van der Waals surface area contributed by atoms with Gasteiger partial charge >= 0.3 is 5.97 Å². The number of hydrogen-bond donors (Lipinski definition) is 1. The maximum atomic E-state index is 13.5. The molecule has 2 aromatic rings. The molecule has 0 spiro atoms. The summed E-state index contributed by atoms with van der Waals surface area (Å²) in [5.41, 5.74) is 2.14. The molecule has 3 heterocycles. The molecule has 0 bridgehead atoms. The van der Waals surface area contributed by atoms with Gasteiger partial charge in [-0.3, -0.25) is 14.5 Å². The number of carboxylic acid groups (broad SMARTS) is 1. The Hall–Kier alpha value is -2.87. The fraction of sp³-hybridized carbons (Fsp3) is 0.621. The maximum Gasteiger partial charge on any atom is 0.308 e. The maximum absolute atomic E-state index is 13.5. The number of aromatic nitrogens is 1. The van der Waals surface area contributed by atoms with Gasteiger partial charge < -0.3 is 19.2 Å². The average molecular weight is 512 g/mol. The van der Waals surface area contributed by atoms with Crippen LogP contribution in [0.15, 0.2) is 28.8 Å². The molecule has 2 aliphatic rings. The quantitative estimate of drug-likeness (QED) is 0.424. The molecule has 1 aromatic carbocycles. The highest BCUT2D eigenvalue weighted by molar-refractivity contribution is 5.79. The van der Waals surface area contributed by atoms with E-state index < -0.39 is 11.9 Å². The lowest BCUT2D eigenvalue weighted by atomic mass is 9.83. The number of rotatable bonds is 13. The van der Waals surface area contributed by atoms with Crippen molar-refractivity contribution in [3.63, 3.8) is 0 Å². The van der Waals surface area contributed by atoms with Crippen LogP contribution < -0.4 is 4.74 Å². The summed E-state index contributed by atoms with van der Waals surface area (Å²) in [6.07, 6.45) is 7.64. The minimum Gasteiger partial charge on any atom is -0.493 e. The van der Waals surface area contributed by atoms with Crippen molar-refractivity contribution in [2.24, 2.45) is 5.92 Å². The molecule has 1 amide bonds. The van der Waals surface area contributed by atoms with E-state index in [9.17, 15) is 14.7 Å². The van der Waals surface area contributed by atoms with Crippen molar-refractivity contribution in [2.75, 3.05) is 32.8 Å². The third kappa shape index (κ3) is 6.53. The zero-order valence-corrected chi connectivity index (χ0v) is 22.4. The lowest BCUT2D eigenvalue weighted by molar-refractivity contribution is -0.143. The minimum atomic E-state index is -0.820. The van der Waals surface area contributed by atoms with Crippen LogP contribution in [0.3, 0.4) is 0 Å². The summed E-state index contributed by atoms with van der Waals surface area (Å²) in [6.45, 7) is 9.05. The molecule has 1 N–H and O–H groups in total. The predicted molar refractivity (Wildman–Crippen MR) is 141 cm³/mol. The molecule has 8 heteroatoms. The van der Waals surface area contributed by atoms with Gasteiger partial charge in [-0.05, 0) is 43.4 Å². The molecular formula is C29H41N3O5. The smallest absolute Gasteiger partial charge is 0.308 e. The van der Waals surface area contributed by atoms with Crippen molar-refractivity contribution in [1.82, 2.24) is 14.8 Å². The molecule has 3 atom stereocenters. The molecule has 4 rings (SSSR count). The molecule has 0 radical (unpaired) electrons. The first-order valence-electron chi connectivity index (χ1n) is 13.8. The summed E-state index contributed by atoms with van der Waals surface area (Å²) in [7, 11) is 0. The number of carbonyl (C=O) groups excluding carboxylic acids is 1. The molecule has 1 unspecified atom stereocenters. The van der Waals surface area contributed by atoms with E-state index in [2.05, 4.69) is 29.8 Å². The van der Waals surface area contributed by atoms with Gasteiger partial charge in [0.1, 0.15) is 11.5 Å². The summed E-state index contributed by atoms with van der Waals surface area (Å²) < 4.78 is 11.3. The number of benzene rings is 1. The molecule has 2 aliphatic heterocycles. The number of aliphatic carboxylic acids is 1. The second-order valence-electron chi connectivity index (χ2n) is 10.4. The van der Waals surface area contributed by atoms with Crippen LogP contribution in [0.4, 0.5) is 0 Å². The minimum absolute atomic E-state index is 0.0889. The van der Waals surface area contributed by atoms with Gasteiger partial charge in [-0.2, -0.15) is 0 Å². The summed E-state index contributed by atoms with van der Waals surface area (Å²) in [5.74, 6) is 0.683. The molecule has 202 valence electrons. The number of carboxylic acids is 1. The summed E-state index contributed by atoms with van der Waals surface area (Å²) >= 11 is 0.